The van der Waals surface area contributed by atoms with Gasteiger partial charge in [0, 0.05) is 17.8 Å². The van der Waals surface area contributed by atoms with E-state index in [9.17, 15) is 18.0 Å². The van der Waals surface area contributed by atoms with Crippen molar-refractivity contribution in [2.24, 2.45) is 5.92 Å². The van der Waals surface area contributed by atoms with Crippen LogP contribution >= 0.6 is 0 Å². The molecule has 0 unspecified atom stereocenters. The second kappa shape index (κ2) is 10.0. The average Bonchev–Trinajstić information content (AvgIpc) is 3.58. The number of carbonyl (C=O) groups is 2. The van der Waals surface area contributed by atoms with Crippen molar-refractivity contribution in [3.63, 3.8) is 0 Å². The number of nitrogens with zero attached hydrogens (tertiary/aromatic N) is 2. The van der Waals surface area contributed by atoms with Crippen molar-refractivity contribution in [2.75, 3.05) is 22.5 Å². The van der Waals surface area contributed by atoms with Gasteiger partial charge in [0.05, 0.1) is 17.1 Å². The first-order chi connectivity index (χ1) is 16.7. The minimum absolute atomic E-state index is 0.110. The molecule has 0 saturated heterocycles. The molecule has 4 rings (SSSR count). The van der Waals surface area contributed by atoms with Crippen molar-refractivity contribution in [1.29, 1.82) is 0 Å². The van der Waals surface area contributed by atoms with Gasteiger partial charge in [0.2, 0.25) is 5.91 Å². The Kier molecular flexibility index (Phi) is 7.07. The fourth-order valence-electron chi connectivity index (χ4n) is 4.02. The van der Waals surface area contributed by atoms with Crippen LogP contribution in [0.2, 0.25) is 0 Å². The maximum Gasteiger partial charge on any atom is 0.258 e. The SMILES string of the molecule is CCN(C(=O)c1ccc(NC(=O)Cc2ccc(S(=O)(=O)CC3CC3)cc2)cc1)c1c(C)noc1C. The third-order valence-electron chi connectivity index (χ3n) is 6.04. The Bertz CT molecular complexity index is 1300. The summed E-state index contributed by atoms with van der Waals surface area (Å²) in [5.74, 6) is 0.641. The minimum Gasteiger partial charge on any atom is -0.359 e. The minimum atomic E-state index is -3.27. The molecule has 1 fully saturated rings. The Morgan fingerprint density at radius 3 is 2.26 bits per heavy atom. The van der Waals surface area contributed by atoms with Crippen molar-refractivity contribution in [2.45, 2.75) is 44.9 Å². The second-order valence-corrected chi connectivity index (χ2v) is 10.9. The Morgan fingerprint density at radius 1 is 1.06 bits per heavy atom. The number of sulfone groups is 1. The molecule has 2 aromatic carbocycles. The molecule has 1 aliphatic rings. The molecule has 0 atom stereocenters. The summed E-state index contributed by atoms with van der Waals surface area (Å²) in [7, 11) is -3.27. The third kappa shape index (κ3) is 5.79. The van der Waals surface area contributed by atoms with Gasteiger partial charge in [0.1, 0.15) is 11.4 Å². The Morgan fingerprint density at radius 2 is 1.71 bits per heavy atom. The summed E-state index contributed by atoms with van der Waals surface area (Å²) in [6.45, 7) is 5.90. The standard InChI is InChI=1S/C26H29N3O5S/c1-4-29(25-17(2)28-34-18(25)3)26(31)21-9-11-22(12-10-21)27-24(30)15-19-7-13-23(14-8-19)35(32,33)16-20-5-6-20/h7-14,20H,4-6,15-16H2,1-3H3,(H,27,30). The van der Waals surface area contributed by atoms with E-state index in [0.29, 0.717) is 39.8 Å². The highest BCUT2D eigenvalue weighted by molar-refractivity contribution is 7.91. The van der Waals surface area contributed by atoms with Crippen molar-refractivity contribution < 1.29 is 22.5 Å². The van der Waals surface area contributed by atoms with Gasteiger partial charge >= 0.3 is 0 Å². The first kappa shape index (κ1) is 24.7. The van der Waals surface area contributed by atoms with E-state index in [2.05, 4.69) is 10.5 Å². The van der Waals surface area contributed by atoms with E-state index in [4.69, 9.17) is 4.52 Å². The number of carbonyl (C=O) groups excluding carboxylic acids is 2. The number of nitrogens with one attached hydrogen (secondary N) is 1. The monoisotopic (exact) mass is 495 g/mol. The van der Waals surface area contributed by atoms with Gasteiger partial charge in [-0.05, 0) is 81.5 Å². The molecular formula is C26H29N3O5S. The van der Waals surface area contributed by atoms with Crippen LogP contribution < -0.4 is 10.2 Å². The normalized spacial score (nSPS) is 13.5. The van der Waals surface area contributed by atoms with Gasteiger partial charge in [0.15, 0.2) is 15.6 Å². The van der Waals surface area contributed by atoms with E-state index in [-0.39, 0.29) is 29.9 Å². The Hall–Kier alpha value is -3.46. The van der Waals surface area contributed by atoms with Gasteiger partial charge in [-0.15, -0.1) is 0 Å². The molecule has 2 amide bonds. The van der Waals surface area contributed by atoms with Gasteiger partial charge in [-0.25, -0.2) is 8.42 Å². The van der Waals surface area contributed by atoms with E-state index >= 15 is 0 Å². The van der Waals surface area contributed by atoms with Crippen LogP contribution in [0.4, 0.5) is 11.4 Å². The predicted molar refractivity (Wildman–Crippen MR) is 133 cm³/mol. The van der Waals surface area contributed by atoms with Crippen molar-refractivity contribution in [3.05, 3.63) is 71.1 Å². The Balaban J connectivity index is 1.37. The number of benzene rings is 2. The van der Waals surface area contributed by atoms with Crippen LogP contribution in [0.1, 0.15) is 47.1 Å². The molecule has 0 radical (unpaired) electrons. The van der Waals surface area contributed by atoms with Crippen LogP contribution in [0.3, 0.4) is 0 Å². The molecular weight excluding hydrogens is 466 g/mol. The summed E-state index contributed by atoms with van der Waals surface area (Å²) >= 11 is 0. The lowest BCUT2D eigenvalue weighted by Crippen LogP contribution is -2.31. The molecule has 0 spiro atoms. The summed E-state index contributed by atoms with van der Waals surface area (Å²) in [5.41, 5.74) is 3.08. The lowest BCUT2D eigenvalue weighted by molar-refractivity contribution is -0.115. The van der Waals surface area contributed by atoms with Crippen molar-refractivity contribution >= 4 is 33.0 Å². The molecule has 35 heavy (non-hydrogen) atoms. The van der Waals surface area contributed by atoms with Crippen molar-refractivity contribution in [3.8, 4) is 0 Å². The summed E-state index contributed by atoms with van der Waals surface area (Å²) in [6, 6.07) is 13.2. The number of rotatable bonds is 9. The number of aromatic nitrogens is 1. The van der Waals surface area contributed by atoms with Crippen LogP contribution in [0.15, 0.2) is 57.9 Å². The molecule has 3 aromatic rings. The van der Waals surface area contributed by atoms with E-state index in [0.717, 1.165) is 18.4 Å². The molecule has 0 bridgehead atoms. The largest absolute Gasteiger partial charge is 0.359 e. The number of aryl methyl sites for hydroxylation is 2. The molecule has 1 heterocycles. The van der Waals surface area contributed by atoms with Gasteiger partial charge in [0.25, 0.3) is 5.91 Å². The fraction of sp³-hybridized carbons (Fsp3) is 0.346. The highest BCUT2D eigenvalue weighted by atomic mass is 32.2. The van der Waals surface area contributed by atoms with Crippen LogP contribution in [0, 0.1) is 19.8 Å². The predicted octanol–water partition coefficient (Wildman–Crippen LogP) is 4.32. The highest BCUT2D eigenvalue weighted by Crippen LogP contribution is 2.32. The molecule has 1 aromatic heterocycles. The average molecular weight is 496 g/mol. The van der Waals surface area contributed by atoms with Gasteiger partial charge in [-0.2, -0.15) is 0 Å². The van der Waals surface area contributed by atoms with E-state index in [1.165, 1.54) is 0 Å². The lowest BCUT2D eigenvalue weighted by atomic mass is 10.1. The summed E-state index contributed by atoms with van der Waals surface area (Å²) in [4.78, 5) is 27.5. The molecule has 0 aliphatic heterocycles. The van der Waals surface area contributed by atoms with E-state index < -0.39 is 9.84 Å². The highest BCUT2D eigenvalue weighted by Gasteiger charge is 2.29. The molecule has 9 heteroatoms. The summed E-state index contributed by atoms with van der Waals surface area (Å²) in [6.07, 6.45) is 2.06. The number of anilines is 2. The van der Waals surface area contributed by atoms with Gasteiger partial charge in [-0.3, -0.25) is 9.59 Å². The molecule has 184 valence electrons. The zero-order valence-electron chi connectivity index (χ0n) is 20.1. The topological polar surface area (TPSA) is 110 Å². The molecule has 1 saturated carbocycles. The summed E-state index contributed by atoms with van der Waals surface area (Å²) < 4.78 is 30.0. The zero-order valence-corrected chi connectivity index (χ0v) is 20.9. The fourth-order valence-corrected chi connectivity index (χ4v) is 5.71. The second-order valence-electron chi connectivity index (χ2n) is 8.89. The summed E-state index contributed by atoms with van der Waals surface area (Å²) in [5, 5.41) is 6.74. The van der Waals surface area contributed by atoms with Crippen LogP contribution in [-0.2, 0) is 21.1 Å². The van der Waals surface area contributed by atoms with Crippen LogP contribution in [-0.4, -0.2) is 37.7 Å². The molecule has 1 N–H and O–H groups in total. The van der Waals surface area contributed by atoms with Crippen molar-refractivity contribution in [1.82, 2.24) is 5.16 Å². The third-order valence-corrected chi connectivity index (χ3v) is 7.94. The first-order valence-corrected chi connectivity index (χ1v) is 13.3. The lowest BCUT2D eigenvalue weighted by Gasteiger charge is -2.20. The van der Waals surface area contributed by atoms with Gasteiger partial charge < -0.3 is 14.7 Å². The van der Waals surface area contributed by atoms with Crippen LogP contribution in [0.25, 0.3) is 0 Å². The van der Waals surface area contributed by atoms with E-state index in [1.807, 2.05) is 6.92 Å². The Labute approximate surface area is 205 Å². The number of hydrogen-bond donors (Lipinski definition) is 1. The maximum absolute atomic E-state index is 13.0. The zero-order chi connectivity index (χ0) is 25.2. The first-order valence-electron chi connectivity index (χ1n) is 11.6. The van der Waals surface area contributed by atoms with Crippen LogP contribution in [0.5, 0.6) is 0 Å². The van der Waals surface area contributed by atoms with Gasteiger partial charge in [-0.1, -0.05) is 17.3 Å². The molecule has 8 nitrogen and oxygen atoms in total. The molecule has 1 aliphatic carbocycles. The smallest absolute Gasteiger partial charge is 0.258 e. The number of hydrogen-bond acceptors (Lipinski definition) is 6. The van der Waals surface area contributed by atoms with E-state index in [1.54, 1.807) is 67.3 Å². The maximum atomic E-state index is 13.0. The number of amides is 2. The quantitative estimate of drug-likeness (QED) is 0.473.